The number of carbonyl (C=O) groups excluding carboxylic acids is 1. The van der Waals surface area contributed by atoms with Gasteiger partial charge < -0.3 is 5.73 Å². The molecule has 2 fully saturated rings. The van der Waals surface area contributed by atoms with Crippen LogP contribution in [-0.4, -0.2) is 33.1 Å². The van der Waals surface area contributed by atoms with Crippen LogP contribution in [0.4, 0.5) is 0 Å². The van der Waals surface area contributed by atoms with Gasteiger partial charge in [-0.2, -0.15) is 5.10 Å². The van der Waals surface area contributed by atoms with Crippen LogP contribution in [-0.2, 0) is 4.79 Å². The smallest absolute Gasteiger partial charge is 0.237 e. The number of amides is 1. The molecule has 3 heterocycles. The van der Waals surface area contributed by atoms with Crippen molar-refractivity contribution in [3.8, 4) is 11.3 Å². The number of carbonyl (C=O) groups is 1. The van der Waals surface area contributed by atoms with E-state index in [2.05, 4.69) is 28.0 Å². The third-order valence-corrected chi connectivity index (χ3v) is 6.26. The monoisotopic (exact) mass is 376 g/mol. The molecule has 1 saturated heterocycles. The fraction of sp³-hybridized carbons (Fsp3) is 0.381. The van der Waals surface area contributed by atoms with Crippen LogP contribution in [0.5, 0.6) is 0 Å². The summed E-state index contributed by atoms with van der Waals surface area (Å²) in [5, 5.41) is 4.87. The Morgan fingerprint density at radius 3 is 2.82 bits per heavy atom. The SMILES string of the molecule is NCC1NNC(=O)C2CCC(c3cnc4ccc(-c5ccccc5)nn34)CC12. The molecule has 1 aromatic carbocycles. The summed E-state index contributed by atoms with van der Waals surface area (Å²) in [5.74, 6) is 0.686. The highest BCUT2D eigenvalue weighted by molar-refractivity contribution is 5.79. The maximum atomic E-state index is 12.3. The summed E-state index contributed by atoms with van der Waals surface area (Å²) in [4.78, 5) is 16.8. The summed E-state index contributed by atoms with van der Waals surface area (Å²) < 4.78 is 1.97. The van der Waals surface area contributed by atoms with Crippen molar-refractivity contribution >= 4 is 11.6 Å². The Labute approximate surface area is 163 Å². The van der Waals surface area contributed by atoms with Crippen LogP contribution in [0.2, 0.25) is 0 Å². The fourth-order valence-electron chi connectivity index (χ4n) is 4.77. The molecule has 0 radical (unpaired) electrons. The minimum absolute atomic E-state index is 0.0399. The molecule has 4 atom stereocenters. The second-order valence-electron chi connectivity index (χ2n) is 7.79. The van der Waals surface area contributed by atoms with Crippen molar-refractivity contribution < 1.29 is 4.79 Å². The first kappa shape index (κ1) is 17.3. The highest BCUT2D eigenvalue weighted by Crippen LogP contribution is 2.42. The third kappa shape index (κ3) is 2.87. The molecule has 4 unspecified atom stereocenters. The van der Waals surface area contributed by atoms with Crippen LogP contribution in [0.1, 0.15) is 30.9 Å². The van der Waals surface area contributed by atoms with Gasteiger partial charge in [-0.3, -0.25) is 10.2 Å². The Balaban J connectivity index is 1.48. The number of imidazole rings is 1. The normalized spacial score (nSPS) is 27.4. The van der Waals surface area contributed by atoms with Gasteiger partial charge in [0.1, 0.15) is 0 Å². The number of rotatable bonds is 3. The number of benzene rings is 1. The predicted octanol–water partition coefficient (Wildman–Crippen LogP) is 1.86. The van der Waals surface area contributed by atoms with Crippen molar-refractivity contribution in [2.75, 3.05) is 6.54 Å². The van der Waals surface area contributed by atoms with Crippen molar-refractivity contribution in [1.29, 1.82) is 0 Å². The van der Waals surface area contributed by atoms with E-state index in [9.17, 15) is 4.79 Å². The largest absolute Gasteiger partial charge is 0.329 e. The number of nitrogens with zero attached hydrogens (tertiary/aromatic N) is 3. The first-order chi connectivity index (χ1) is 13.7. The predicted molar refractivity (Wildman–Crippen MR) is 106 cm³/mol. The number of nitrogens with one attached hydrogen (secondary N) is 2. The lowest BCUT2D eigenvalue weighted by molar-refractivity contribution is -0.133. The van der Waals surface area contributed by atoms with Gasteiger partial charge in [-0.15, -0.1) is 0 Å². The van der Waals surface area contributed by atoms with Gasteiger partial charge in [-0.1, -0.05) is 30.3 Å². The summed E-state index contributed by atoms with van der Waals surface area (Å²) in [5.41, 5.74) is 15.8. The van der Waals surface area contributed by atoms with Crippen LogP contribution >= 0.6 is 0 Å². The molecule has 7 nitrogen and oxygen atoms in total. The van der Waals surface area contributed by atoms with Gasteiger partial charge in [-0.05, 0) is 37.3 Å². The molecule has 1 aliphatic carbocycles. The summed E-state index contributed by atoms with van der Waals surface area (Å²) in [7, 11) is 0. The Hall–Kier alpha value is -2.77. The van der Waals surface area contributed by atoms with E-state index in [0.717, 1.165) is 41.9 Å². The van der Waals surface area contributed by atoms with Gasteiger partial charge in [0.2, 0.25) is 5.91 Å². The van der Waals surface area contributed by atoms with Crippen molar-refractivity contribution in [2.24, 2.45) is 17.6 Å². The van der Waals surface area contributed by atoms with Gasteiger partial charge in [0.25, 0.3) is 0 Å². The second kappa shape index (κ2) is 7.00. The molecule has 2 aliphatic rings. The van der Waals surface area contributed by atoms with E-state index in [4.69, 9.17) is 10.8 Å². The molecule has 4 N–H and O–H groups in total. The zero-order chi connectivity index (χ0) is 19.1. The van der Waals surface area contributed by atoms with E-state index in [1.165, 1.54) is 0 Å². The molecule has 0 bridgehead atoms. The molecule has 7 heteroatoms. The Morgan fingerprint density at radius 1 is 1.14 bits per heavy atom. The fourth-order valence-corrected chi connectivity index (χ4v) is 4.77. The molecule has 0 spiro atoms. The first-order valence-corrected chi connectivity index (χ1v) is 9.90. The van der Waals surface area contributed by atoms with Crippen LogP contribution in [0, 0.1) is 11.8 Å². The lowest BCUT2D eigenvalue weighted by Crippen LogP contribution is -2.62. The molecule has 1 amide bonds. The quantitative estimate of drug-likeness (QED) is 0.648. The van der Waals surface area contributed by atoms with Gasteiger partial charge in [-0.25, -0.2) is 14.9 Å². The number of hydrogen-bond acceptors (Lipinski definition) is 5. The highest BCUT2D eigenvalue weighted by atomic mass is 16.2. The topological polar surface area (TPSA) is 97.3 Å². The van der Waals surface area contributed by atoms with Crippen LogP contribution < -0.4 is 16.6 Å². The summed E-state index contributed by atoms with van der Waals surface area (Å²) in [6, 6.07) is 14.3. The van der Waals surface area contributed by atoms with Crippen molar-refractivity contribution in [3.05, 3.63) is 54.4 Å². The van der Waals surface area contributed by atoms with Gasteiger partial charge in [0.15, 0.2) is 5.65 Å². The third-order valence-electron chi connectivity index (χ3n) is 6.26. The second-order valence-corrected chi connectivity index (χ2v) is 7.79. The van der Waals surface area contributed by atoms with Crippen LogP contribution in [0.15, 0.2) is 48.7 Å². The Bertz CT molecular complexity index is 1000. The van der Waals surface area contributed by atoms with E-state index in [1.807, 2.05) is 41.0 Å². The number of hydrazine groups is 1. The van der Waals surface area contributed by atoms with E-state index < -0.39 is 0 Å². The molecule has 1 aliphatic heterocycles. The molecule has 1 saturated carbocycles. The summed E-state index contributed by atoms with van der Waals surface area (Å²) in [6.45, 7) is 0.512. The highest BCUT2D eigenvalue weighted by Gasteiger charge is 2.43. The summed E-state index contributed by atoms with van der Waals surface area (Å²) in [6.07, 6.45) is 4.68. The lowest BCUT2D eigenvalue weighted by atomic mass is 9.69. The van der Waals surface area contributed by atoms with Gasteiger partial charge in [0, 0.05) is 30.0 Å². The van der Waals surface area contributed by atoms with Crippen molar-refractivity contribution in [3.63, 3.8) is 0 Å². The molecule has 28 heavy (non-hydrogen) atoms. The van der Waals surface area contributed by atoms with Crippen molar-refractivity contribution in [2.45, 2.75) is 31.2 Å². The number of hydrogen-bond donors (Lipinski definition) is 3. The minimum Gasteiger partial charge on any atom is -0.329 e. The average Bonchev–Trinajstić information content (AvgIpc) is 3.18. The van der Waals surface area contributed by atoms with Gasteiger partial charge in [0.05, 0.1) is 17.6 Å². The van der Waals surface area contributed by atoms with Crippen molar-refractivity contribution in [1.82, 2.24) is 25.4 Å². The molecule has 144 valence electrons. The zero-order valence-corrected chi connectivity index (χ0v) is 15.6. The molecular formula is C21H24N6O. The minimum atomic E-state index is 0.0399. The number of aromatic nitrogens is 3. The number of nitrogens with two attached hydrogens (primary N) is 1. The average molecular weight is 376 g/mol. The molecule has 5 rings (SSSR count). The van der Waals surface area contributed by atoms with Crippen LogP contribution in [0.3, 0.4) is 0 Å². The zero-order valence-electron chi connectivity index (χ0n) is 15.6. The van der Waals surface area contributed by atoms with Crippen LogP contribution in [0.25, 0.3) is 16.9 Å². The standard InChI is InChI=1S/C21H24N6O/c22-11-18-16-10-14(6-7-15(16)21(28)25-24-18)19-12-23-20-9-8-17(26-27(19)20)13-4-2-1-3-5-13/h1-5,8-9,12,14-16,18,24H,6-7,10-11,22H2,(H,25,28). The summed E-state index contributed by atoms with van der Waals surface area (Å²) >= 11 is 0. The van der Waals surface area contributed by atoms with E-state index in [-0.39, 0.29) is 23.8 Å². The molecular weight excluding hydrogens is 352 g/mol. The molecule has 3 aromatic rings. The maximum Gasteiger partial charge on any atom is 0.237 e. The van der Waals surface area contributed by atoms with E-state index >= 15 is 0 Å². The lowest BCUT2D eigenvalue weighted by Gasteiger charge is -2.43. The molecule has 2 aromatic heterocycles. The first-order valence-electron chi connectivity index (χ1n) is 9.90. The Kier molecular flexibility index (Phi) is 4.33. The Morgan fingerprint density at radius 2 is 2.00 bits per heavy atom. The van der Waals surface area contributed by atoms with E-state index in [1.54, 1.807) is 0 Å². The number of fused-ring (bicyclic) bond motifs is 2. The van der Waals surface area contributed by atoms with Gasteiger partial charge >= 0.3 is 0 Å². The van der Waals surface area contributed by atoms with E-state index in [0.29, 0.717) is 12.5 Å². The maximum absolute atomic E-state index is 12.3.